The van der Waals surface area contributed by atoms with Gasteiger partial charge in [0.25, 0.3) is 0 Å². The van der Waals surface area contributed by atoms with Crippen LogP contribution in [0, 0.1) is 0 Å². The fourth-order valence-electron chi connectivity index (χ4n) is 1.80. The summed E-state index contributed by atoms with van der Waals surface area (Å²) in [6.45, 7) is 11.2. The SMILES string of the molecule is CC(C)(O)CN1CCOC(C)(C)C1. The van der Waals surface area contributed by atoms with E-state index in [0.717, 1.165) is 26.2 Å². The number of hydrogen-bond donors (Lipinski definition) is 1. The Morgan fingerprint density at radius 3 is 2.54 bits per heavy atom. The minimum atomic E-state index is -0.604. The Morgan fingerprint density at radius 2 is 2.08 bits per heavy atom. The Balaban J connectivity index is 2.44. The smallest absolute Gasteiger partial charge is 0.0753 e. The first-order valence-corrected chi connectivity index (χ1v) is 4.87. The molecule has 0 spiro atoms. The first-order valence-electron chi connectivity index (χ1n) is 4.87. The van der Waals surface area contributed by atoms with Gasteiger partial charge in [-0.15, -0.1) is 0 Å². The molecule has 0 atom stereocenters. The Morgan fingerprint density at radius 1 is 1.46 bits per heavy atom. The molecule has 0 radical (unpaired) electrons. The van der Waals surface area contributed by atoms with Crippen molar-refractivity contribution in [2.45, 2.75) is 38.9 Å². The van der Waals surface area contributed by atoms with Crippen LogP contribution in [0.5, 0.6) is 0 Å². The van der Waals surface area contributed by atoms with E-state index in [1.54, 1.807) is 0 Å². The van der Waals surface area contributed by atoms with Crippen LogP contribution < -0.4 is 0 Å². The highest BCUT2D eigenvalue weighted by Gasteiger charge is 2.29. The molecule has 0 aromatic rings. The third-order valence-electron chi connectivity index (χ3n) is 2.12. The van der Waals surface area contributed by atoms with Gasteiger partial charge < -0.3 is 9.84 Å². The van der Waals surface area contributed by atoms with E-state index in [-0.39, 0.29) is 5.60 Å². The first kappa shape index (κ1) is 11.0. The highest BCUT2D eigenvalue weighted by molar-refractivity contribution is 4.82. The van der Waals surface area contributed by atoms with Crippen molar-refractivity contribution < 1.29 is 9.84 Å². The minimum Gasteiger partial charge on any atom is -0.389 e. The van der Waals surface area contributed by atoms with Crippen LogP contribution in [0.1, 0.15) is 27.7 Å². The maximum Gasteiger partial charge on any atom is 0.0753 e. The second-order valence-corrected chi connectivity index (χ2v) is 5.13. The van der Waals surface area contributed by atoms with Gasteiger partial charge in [-0.05, 0) is 27.7 Å². The van der Waals surface area contributed by atoms with Crippen LogP contribution in [-0.2, 0) is 4.74 Å². The molecule has 1 rings (SSSR count). The van der Waals surface area contributed by atoms with Gasteiger partial charge >= 0.3 is 0 Å². The molecule has 0 aromatic carbocycles. The van der Waals surface area contributed by atoms with Gasteiger partial charge in [0.05, 0.1) is 17.8 Å². The predicted molar refractivity (Wildman–Crippen MR) is 52.8 cm³/mol. The zero-order chi connectivity index (χ0) is 10.1. The molecule has 13 heavy (non-hydrogen) atoms. The van der Waals surface area contributed by atoms with Gasteiger partial charge in [0.1, 0.15) is 0 Å². The molecular weight excluding hydrogens is 166 g/mol. The summed E-state index contributed by atoms with van der Waals surface area (Å²) >= 11 is 0. The number of ether oxygens (including phenoxy) is 1. The van der Waals surface area contributed by atoms with Crippen LogP contribution in [-0.4, -0.2) is 47.4 Å². The van der Waals surface area contributed by atoms with Gasteiger partial charge in [0, 0.05) is 19.6 Å². The second-order valence-electron chi connectivity index (χ2n) is 5.13. The molecule has 0 aliphatic carbocycles. The summed E-state index contributed by atoms with van der Waals surface area (Å²) < 4.78 is 5.59. The topological polar surface area (TPSA) is 32.7 Å². The highest BCUT2D eigenvalue weighted by Crippen LogP contribution is 2.18. The van der Waals surface area contributed by atoms with E-state index in [2.05, 4.69) is 18.7 Å². The average Bonchev–Trinajstić information content (AvgIpc) is 1.79. The van der Waals surface area contributed by atoms with E-state index >= 15 is 0 Å². The van der Waals surface area contributed by atoms with Gasteiger partial charge in [-0.2, -0.15) is 0 Å². The maximum atomic E-state index is 9.66. The van der Waals surface area contributed by atoms with Crippen LogP contribution in [0.25, 0.3) is 0 Å². The summed E-state index contributed by atoms with van der Waals surface area (Å²) in [5, 5.41) is 9.66. The number of rotatable bonds is 2. The van der Waals surface area contributed by atoms with Crippen molar-refractivity contribution in [3.05, 3.63) is 0 Å². The van der Waals surface area contributed by atoms with Crippen molar-refractivity contribution >= 4 is 0 Å². The van der Waals surface area contributed by atoms with E-state index < -0.39 is 5.60 Å². The standard InChI is InChI=1S/C10H21NO2/c1-9(2,12)7-11-5-6-13-10(3,4)8-11/h12H,5-8H2,1-4H3. The van der Waals surface area contributed by atoms with Crippen molar-refractivity contribution in [1.29, 1.82) is 0 Å². The molecule has 1 aliphatic heterocycles. The molecule has 1 saturated heterocycles. The number of morpholine rings is 1. The molecule has 78 valence electrons. The molecule has 0 bridgehead atoms. The molecule has 1 fully saturated rings. The largest absolute Gasteiger partial charge is 0.389 e. The molecule has 1 N–H and O–H groups in total. The molecule has 0 amide bonds. The van der Waals surface area contributed by atoms with E-state index in [9.17, 15) is 5.11 Å². The average molecular weight is 187 g/mol. The lowest BCUT2D eigenvalue weighted by Crippen LogP contribution is -2.52. The van der Waals surface area contributed by atoms with E-state index in [4.69, 9.17) is 4.74 Å². The lowest BCUT2D eigenvalue weighted by atomic mass is 10.0. The fraction of sp³-hybridized carbons (Fsp3) is 1.00. The van der Waals surface area contributed by atoms with Crippen molar-refractivity contribution in [1.82, 2.24) is 4.90 Å². The van der Waals surface area contributed by atoms with Crippen LogP contribution >= 0.6 is 0 Å². The van der Waals surface area contributed by atoms with Crippen molar-refractivity contribution in [2.24, 2.45) is 0 Å². The Kier molecular flexibility index (Phi) is 3.00. The maximum absolute atomic E-state index is 9.66. The van der Waals surface area contributed by atoms with Gasteiger partial charge in [-0.1, -0.05) is 0 Å². The lowest BCUT2D eigenvalue weighted by molar-refractivity contribution is -0.101. The Labute approximate surface area is 80.7 Å². The van der Waals surface area contributed by atoms with Gasteiger partial charge in [-0.25, -0.2) is 0 Å². The molecule has 0 aromatic heterocycles. The van der Waals surface area contributed by atoms with Gasteiger partial charge in [0.2, 0.25) is 0 Å². The number of β-amino-alcohol motifs (C(OH)–C–C–N with tert-alkyl or cyclic N) is 1. The molecule has 3 nitrogen and oxygen atoms in total. The number of nitrogens with zero attached hydrogens (tertiary/aromatic N) is 1. The van der Waals surface area contributed by atoms with Gasteiger partial charge in [-0.3, -0.25) is 4.90 Å². The van der Waals surface area contributed by atoms with Crippen molar-refractivity contribution in [3.8, 4) is 0 Å². The van der Waals surface area contributed by atoms with Gasteiger partial charge in [0.15, 0.2) is 0 Å². The Hall–Kier alpha value is -0.120. The quantitative estimate of drug-likeness (QED) is 0.696. The molecule has 1 heterocycles. The lowest BCUT2D eigenvalue weighted by Gasteiger charge is -2.40. The number of aliphatic hydroxyl groups is 1. The zero-order valence-corrected chi connectivity index (χ0v) is 9.13. The fourth-order valence-corrected chi connectivity index (χ4v) is 1.80. The second kappa shape index (κ2) is 3.56. The van der Waals surface area contributed by atoms with Crippen molar-refractivity contribution in [3.63, 3.8) is 0 Å². The Bertz CT molecular complexity index is 170. The molecule has 1 aliphatic rings. The monoisotopic (exact) mass is 187 g/mol. The summed E-state index contributed by atoms with van der Waals surface area (Å²) in [6.07, 6.45) is 0. The normalized spacial score (nSPS) is 24.7. The van der Waals surface area contributed by atoms with Crippen LogP contribution in [0.2, 0.25) is 0 Å². The predicted octanol–water partition coefficient (Wildman–Crippen LogP) is 0.868. The summed E-state index contributed by atoms with van der Waals surface area (Å²) in [6, 6.07) is 0. The number of hydrogen-bond acceptors (Lipinski definition) is 3. The zero-order valence-electron chi connectivity index (χ0n) is 9.13. The summed E-state index contributed by atoms with van der Waals surface area (Å²) in [4.78, 5) is 2.25. The third-order valence-corrected chi connectivity index (χ3v) is 2.12. The highest BCUT2D eigenvalue weighted by atomic mass is 16.5. The van der Waals surface area contributed by atoms with E-state index in [1.807, 2.05) is 13.8 Å². The molecule has 0 saturated carbocycles. The van der Waals surface area contributed by atoms with Crippen LogP contribution in [0.3, 0.4) is 0 Å². The minimum absolute atomic E-state index is 0.0660. The van der Waals surface area contributed by atoms with Crippen LogP contribution in [0.4, 0.5) is 0 Å². The van der Waals surface area contributed by atoms with Crippen LogP contribution in [0.15, 0.2) is 0 Å². The molecule has 0 unspecified atom stereocenters. The van der Waals surface area contributed by atoms with E-state index in [0.29, 0.717) is 0 Å². The third kappa shape index (κ3) is 4.07. The summed E-state index contributed by atoms with van der Waals surface area (Å²) in [7, 11) is 0. The molecular formula is C10H21NO2. The summed E-state index contributed by atoms with van der Waals surface area (Å²) in [5.74, 6) is 0. The summed E-state index contributed by atoms with van der Waals surface area (Å²) in [5.41, 5.74) is -0.670. The molecule has 3 heteroatoms. The first-order chi connectivity index (χ1) is 5.79. The van der Waals surface area contributed by atoms with E-state index in [1.165, 1.54) is 0 Å². The van der Waals surface area contributed by atoms with Crippen molar-refractivity contribution in [2.75, 3.05) is 26.2 Å².